The maximum Gasteiger partial charge on any atom is 0.311 e. The summed E-state index contributed by atoms with van der Waals surface area (Å²) >= 11 is 0. The molecule has 1 fully saturated rings. The Bertz CT molecular complexity index is 407. The van der Waals surface area contributed by atoms with Crippen molar-refractivity contribution < 1.29 is 4.92 Å². The van der Waals surface area contributed by atoms with Crippen molar-refractivity contribution in [2.45, 2.75) is 19.4 Å². The summed E-state index contributed by atoms with van der Waals surface area (Å²) in [7, 11) is 0. The molecule has 0 aliphatic heterocycles. The monoisotopic (exact) mass is 208 g/mol. The molecule has 15 heavy (non-hydrogen) atoms. The van der Waals surface area contributed by atoms with E-state index in [4.69, 9.17) is 5.73 Å². The molecule has 1 heterocycles. The quantitative estimate of drug-likeness (QED) is 0.578. The maximum absolute atomic E-state index is 10.7. The zero-order chi connectivity index (χ0) is 11.0. The Labute approximate surface area is 86.6 Å². The second-order valence-corrected chi connectivity index (χ2v) is 3.82. The highest BCUT2D eigenvalue weighted by molar-refractivity contribution is 5.60. The van der Waals surface area contributed by atoms with Crippen LogP contribution < -0.4 is 11.1 Å². The lowest BCUT2D eigenvalue weighted by Gasteiger charge is -2.05. The molecule has 1 aromatic rings. The number of nitrogens with two attached hydrogens (primary N) is 1. The van der Waals surface area contributed by atoms with Crippen LogP contribution in [0.5, 0.6) is 0 Å². The van der Waals surface area contributed by atoms with Crippen LogP contribution in [0.2, 0.25) is 0 Å². The minimum Gasteiger partial charge on any atom is -0.384 e. The van der Waals surface area contributed by atoms with Crippen molar-refractivity contribution in [1.82, 2.24) is 4.98 Å². The molecule has 0 bridgehead atoms. The first kappa shape index (κ1) is 9.70. The minimum absolute atomic E-state index is 0.0247. The van der Waals surface area contributed by atoms with Gasteiger partial charge in [-0.2, -0.15) is 0 Å². The van der Waals surface area contributed by atoms with E-state index in [0.717, 1.165) is 6.42 Å². The minimum atomic E-state index is -0.457. The number of hydrogen-bond acceptors (Lipinski definition) is 5. The molecule has 0 amide bonds. The second kappa shape index (κ2) is 3.38. The summed E-state index contributed by atoms with van der Waals surface area (Å²) in [4.78, 5) is 14.2. The van der Waals surface area contributed by atoms with E-state index in [9.17, 15) is 10.1 Å². The van der Waals surface area contributed by atoms with Crippen molar-refractivity contribution >= 4 is 17.3 Å². The summed E-state index contributed by atoms with van der Waals surface area (Å²) in [6.45, 7) is 2.08. The fourth-order valence-electron chi connectivity index (χ4n) is 1.42. The third-order valence-electron chi connectivity index (χ3n) is 2.52. The van der Waals surface area contributed by atoms with Gasteiger partial charge < -0.3 is 11.1 Å². The highest BCUT2D eigenvalue weighted by Gasteiger charge is 2.34. The molecule has 2 atom stereocenters. The number of aromatic nitrogens is 1. The van der Waals surface area contributed by atoms with Gasteiger partial charge in [0.15, 0.2) is 0 Å². The van der Waals surface area contributed by atoms with Crippen molar-refractivity contribution in [1.29, 1.82) is 0 Å². The Hall–Kier alpha value is -1.85. The van der Waals surface area contributed by atoms with E-state index >= 15 is 0 Å². The van der Waals surface area contributed by atoms with Crippen LogP contribution in [0.4, 0.5) is 17.3 Å². The Morgan fingerprint density at radius 2 is 2.33 bits per heavy atom. The lowest BCUT2D eigenvalue weighted by molar-refractivity contribution is -0.384. The van der Waals surface area contributed by atoms with E-state index in [1.54, 1.807) is 0 Å². The van der Waals surface area contributed by atoms with E-state index < -0.39 is 4.92 Å². The molecule has 0 spiro atoms. The third-order valence-corrected chi connectivity index (χ3v) is 2.52. The van der Waals surface area contributed by atoms with Gasteiger partial charge in [0.25, 0.3) is 0 Å². The van der Waals surface area contributed by atoms with Gasteiger partial charge in [0.1, 0.15) is 5.82 Å². The number of nitrogens with one attached hydrogen (secondary N) is 1. The van der Waals surface area contributed by atoms with E-state index in [1.165, 1.54) is 12.1 Å². The molecule has 3 N–H and O–H groups in total. The smallest absolute Gasteiger partial charge is 0.311 e. The first-order valence-corrected chi connectivity index (χ1v) is 4.75. The SMILES string of the molecule is CC1CC1Nc1nc(N)ccc1[N+](=O)[O-]. The summed E-state index contributed by atoms with van der Waals surface area (Å²) in [6.07, 6.45) is 1.02. The van der Waals surface area contributed by atoms with Crippen molar-refractivity contribution in [3.05, 3.63) is 22.2 Å². The zero-order valence-corrected chi connectivity index (χ0v) is 8.30. The molecule has 2 rings (SSSR count). The highest BCUT2D eigenvalue weighted by Crippen LogP contribution is 2.34. The van der Waals surface area contributed by atoms with Gasteiger partial charge in [-0.3, -0.25) is 10.1 Å². The average molecular weight is 208 g/mol. The van der Waals surface area contributed by atoms with Gasteiger partial charge in [0.2, 0.25) is 5.82 Å². The van der Waals surface area contributed by atoms with Crippen molar-refractivity contribution in [3.63, 3.8) is 0 Å². The first-order chi connectivity index (χ1) is 7.08. The van der Waals surface area contributed by atoms with Crippen molar-refractivity contribution in [2.24, 2.45) is 5.92 Å². The van der Waals surface area contributed by atoms with Gasteiger partial charge >= 0.3 is 5.69 Å². The van der Waals surface area contributed by atoms with Gasteiger partial charge in [-0.25, -0.2) is 4.98 Å². The number of nitrogen functional groups attached to an aromatic ring is 1. The van der Waals surface area contributed by atoms with E-state index in [0.29, 0.717) is 5.92 Å². The van der Waals surface area contributed by atoms with Crippen LogP contribution in [0.25, 0.3) is 0 Å². The van der Waals surface area contributed by atoms with Crippen LogP contribution in [0, 0.1) is 16.0 Å². The molecule has 1 aromatic heterocycles. The summed E-state index contributed by atoms with van der Waals surface area (Å²) in [5.41, 5.74) is 5.46. The standard InChI is InChI=1S/C9H12N4O2/c1-5-4-6(5)11-9-7(13(14)15)2-3-8(10)12-9/h2-3,5-6H,4H2,1H3,(H3,10,11,12). The number of hydrogen-bond donors (Lipinski definition) is 2. The van der Waals surface area contributed by atoms with Crippen molar-refractivity contribution in [3.8, 4) is 0 Å². The molecule has 1 aliphatic carbocycles. The molecule has 80 valence electrons. The van der Waals surface area contributed by atoms with Crippen LogP contribution in [-0.4, -0.2) is 15.9 Å². The fraction of sp³-hybridized carbons (Fsp3) is 0.444. The highest BCUT2D eigenvalue weighted by atomic mass is 16.6. The van der Waals surface area contributed by atoms with Gasteiger partial charge in [0.05, 0.1) is 4.92 Å². The largest absolute Gasteiger partial charge is 0.384 e. The average Bonchev–Trinajstić information content (AvgIpc) is 2.81. The molecule has 6 heteroatoms. The van der Waals surface area contributed by atoms with Crippen LogP contribution in [0.1, 0.15) is 13.3 Å². The predicted molar refractivity (Wildman–Crippen MR) is 56.5 cm³/mol. The van der Waals surface area contributed by atoms with Gasteiger partial charge in [-0.15, -0.1) is 0 Å². The molecule has 1 saturated carbocycles. The number of rotatable bonds is 3. The zero-order valence-electron chi connectivity index (χ0n) is 8.30. The van der Waals surface area contributed by atoms with E-state index in [-0.39, 0.29) is 23.4 Å². The van der Waals surface area contributed by atoms with Crippen LogP contribution in [0.15, 0.2) is 12.1 Å². The maximum atomic E-state index is 10.7. The summed E-state index contributed by atoms with van der Waals surface area (Å²) in [5.74, 6) is 1.11. The van der Waals surface area contributed by atoms with E-state index in [2.05, 4.69) is 17.2 Å². The van der Waals surface area contributed by atoms with Crippen LogP contribution >= 0.6 is 0 Å². The summed E-state index contributed by atoms with van der Waals surface area (Å²) in [6, 6.07) is 3.09. The van der Waals surface area contributed by atoms with Crippen molar-refractivity contribution in [2.75, 3.05) is 11.1 Å². The molecular formula is C9H12N4O2. The predicted octanol–water partition coefficient (Wildman–Crippen LogP) is 1.39. The van der Waals surface area contributed by atoms with Gasteiger partial charge in [-0.05, 0) is 18.4 Å². The van der Waals surface area contributed by atoms with Gasteiger partial charge in [-0.1, -0.05) is 6.92 Å². The number of nitro groups is 1. The molecule has 1 aliphatic rings. The number of anilines is 2. The lowest BCUT2D eigenvalue weighted by atomic mass is 10.3. The number of nitrogens with zero attached hydrogens (tertiary/aromatic N) is 2. The third kappa shape index (κ3) is 1.98. The Kier molecular flexibility index (Phi) is 2.18. The van der Waals surface area contributed by atoms with Crippen LogP contribution in [-0.2, 0) is 0 Å². The normalized spacial score (nSPS) is 23.5. The Morgan fingerprint density at radius 1 is 1.67 bits per heavy atom. The fourth-order valence-corrected chi connectivity index (χ4v) is 1.42. The molecule has 6 nitrogen and oxygen atoms in total. The van der Waals surface area contributed by atoms with Gasteiger partial charge in [0, 0.05) is 12.1 Å². The summed E-state index contributed by atoms with van der Waals surface area (Å²) < 4.78 is 0. The molecule has 0 saturated heterocycles. The first-order valence-electron chi connectivity index (χ1n) is 4.75. The molecule has 2 unspecified atom stereocenters. The molecule has 0 radical (unpaired) electrons. The Morgan fingerprint density at radius 3 is 2.87 bits per heavy atom. The lowest BCUT2D eigenvalue weighted by Crippen LogP contribution is -2.09. The number of pyridine rings is 1. The van der Waals surface area contributed by atoms with E-state index in [1.807, 2.05) is 0 Å². The second-order valence-electron chi connectivity index (χ2n) is 3.82. The summed E-state index contributed by atoms with van der Waals surface area (Å²) in [5, 5.41) is 13.7. The topological polar surface area (TPSA) is 94.1 Å². The molecule has 0 aromatic carbocycles. The Balaban J connectivity index is 2.26. The molecular weight excluding hydrogens is 196 g/mol. The van der Waals surface area contributed by atoms with Crippen LogP contribution in [0.3, 0.4) is 0 Å².